The highest BCUT2D eigenvalue weighted by Crippen LogP contribution is 2.23. The molecule has 0 amide bonds. The number of pyridine rings is 1. The van der Waals surface area contributed by atoms with E-state index in [0.717, 1.165) is 12.1 Å². The molecule has 0 saturated carbocycles. The number of nitrogens with two attached hydrogens (primary N) is 1. The fourth-order valence-corrected chi connectivity index (χ4v) is 1.01. The minimum Gasteiger partial charge on any atom is -0.462 e. The Labute approximate surface area is 94.3 Å². The first-order chi connectivity index (χ1) is 7.83. The van der Waals surface area contributed by atoms with E-state index < -0.39 is 18.2 Å². The Hall–Kier alpha value is -1.99. The lowest BCUT2D eigenvalue weighted by molar-refractivity contribution is -0.276. The van der Waals surface area contributed by atoms with Crippen molar-refractivity contribution in [1.82, 2.24) is 4.98 Å². The largest absolute Gasteiger partial charge is 0.574 e. The molecule has 0 aromatic carbocycles. The second-order valence-corrected chi connectivity index (χ2v) is 2.85. The summed E-state index contributed by atoms with van der Waals surface area (Å²) in [6.45, 7) is 1.71. The van der Waals surface area contributed by atoms with E-state index in [1.165, 1.54) is 0 Å². The van der Waals surface area contributed by atoms with Crippen molar-refractivity contribution in [1.29, 1.82) is 0 Å². The molecule has 0 aliphatic rings. The minimum absolute atomic E-state index is 0.110. The third-order valence-corrected chi connectivity index (χ3v) is 1.61. The third kappa shape index (κ3) is 3.82. The molecule has 1 aromatic rings. The van der Waals surface area contributed by atoms with E-state index in [-0.39, 0.29) is 18.0 Å². The highest BCUT2D eigenvalue weighted by molar-refractivity contribution is 5.94. The molecule has 94 valence electrons. The fourth-order valence-electron chi connectivity index (χ4n) is 1.01. The topological polar surface area (TPSA) is 74.4 Å². The zero-order valence-electron chi connectivity index (χ0n) is 8.75. The van der Waals surface area contributed by atoms with Gasteiger partial charge in [-0.15, -0.1) is 13.2 Å². The van der Waals surface area contributed by atoms with Crippen molar-refractivity contribution in [2.45, 2.75) is 13.3 Å². The Balaban J connectivity index is 2.90. The quantitative estimate of drug-likeness (QED) is 0.827. The summed E-state index contributed by atoms with van der Waals surface area (Å²) in [6, 6.07) is 1.94. The molecule has 0 atom stereocenters. The normalized spacial score (nSPS) is 11.1. The summed E-state index contributed by atoms with van der Waals surface area (Å²) in [4.78, 5) is 14.6. The van der Waals surface area contributed by atoms with Gasteiger partial charge in [0, 0.05) is 6.07 Å². The van der Waals surface area contributed by atoms with Crippen LogP contribution in [-0.4, -0.2) is 23.9 Å². The molecule has 8 heteroatoms. The van der Waals surface area contributed by atoms with Crippen LogP contribution in [0, 0.1) is 0 Å². The van der Waals surface area contributed by atoms with Gasteiger partial charge in [-0.1, -0.05) is 0 Å². The SMILES string of the molecule is CCOC(=O)c1ccc(OC(F)(F)F)nc1N. The van der Waals surface area contributed by atoms with Gasteiger partial charge >= 0.3 is 12.3 Å². The molecule has 5 nitrogen and oxygen atoms in total. The number of carbonyl (C=O) groups is 1. The molecule has 1 rings (SSSR count). The second-order valence-electron chi connectivity index (χ2n) is 2.85. The number of alkyl halides is 3. The van der Waals surface area contributed by atoms with Crippen molar-refractivity contribution in [3.63, 3.8) is 0 Å². The van der Waals surface area contributed by atoms with Gasteiger partial charge in [0.25, 0.3) is 0 Å². The van der Waals surface area contributed by atoms with E-state index in [4.69, 9.17) is 5.73 Å². The predicted molar refractivity (Wildman–Crippen MR) is 51.3 cm³/mol. The predicted octanol–water partition coefficient (Wildman–Crippen LogP) is 1.74. The zero-order chi connectivity index (χ0) is 13.1. The van der Waals surface area contributed by atoms with Gasteiger partial charge in [-0.2, -0.15) is 4.98 Å². The summed E-state index contributed by atoms with van der Waals surface area (Å²) in [5, 5.41) is 0. The Morgan fingerprint density at radius 1 is 1.47 bits per heavy atom. The number of carbonyl (C=O) groups excluding carboxylic acids is 1. The molecule has 0 unspecified atom stereocenters. The molecule has 0 aliphatic heterocycles. The van der Waals surface area contributed by atoms with Crippen LogP contribution in [-0.2, 0) is 4.74 Å². The van der Waals surface area contributed by atoms with Crippen LogP contribution in [0.3, 0.4) is 0 Å². The summed E-state index contributed by atoms with van der Waals surface area (Å²) in [6.07, 6.45) is -4.86. The van der Waals surface area contributed by atoms with Crippen molar-refractivity contribution in [2.24, 2.45) is 0 Å². The molecule has 2 N–H and O–H groups in total. The number of nitrogen functional groups attached to an aromatic ring is 1. The minimum atomic E-state index is -4.86. The van der Waals surface area contributed by atoms with E-state index in [1.54, 1.807) is 6.92 Å². The monoisotopic (exact) mass is 250 g/mol. The number of rotatable bonds is 3. The van der Waals surface area contributed by atoms with Crippen molar-refractivity contribution >= 4 is 11.8 Å². The third-order valence-electron chi connectivity index (χ3n) is 1.61. The lowest BCUT2D eigenvalue weighted by atomic mass is 10.2. The molecule has 0 spiro atoms. The Kier molecular flexibility index (Phi) is 3.77. The van der Waals surface area contributed by atoms with Crippen LogP contribution in [0.1, 0.15) is 17.3 Å². The molecule has 0 aliphatic carbocycles. The number of hydrogen-bond donors (Lipinski definition) is 1. The first-order valence-electron chi connectivity index (χ1n) is 4.53. The van der Waals surface area contributed by atoms with Gasteiger partial charge in [-0.05, 0) is 13.0 Å². The lowest BCUT2D eigenvalue weighted by Gasteiger charge is -2.09. The maximum absolute atomic E-state index is 11.9. The Morgan fingerprint density at radius 3 is 2.59 bits per heavy atom. The molecule has 0 fully saturated rings. The summed E-state index contributed by atoms with van der Waals surface area (Å²) < 4.78 is 43.7. The number of hydrogen-bond acceptors (Lipinski definition) is 5. The molecular formula is C9H9F3N2O3. The van der Waals surface area contributed by atoms with E-state index in [1.807, 2.05) is 0 Å². The summed E-state index contributed by atoms with van der Waals surface area (Å²) >= 11 is 0. The Bertz CT molecular complexity index is 420. The van der Waals surface area contributed by atoms with Gasteiger partial charge in [-0.25, -0.2) is 4.79 Å². The van der Waals surface area contributed by atoms with Crippen molar-refractivity contribution < 1.29 is 27.4 Å². The molecule has 0 saturated heterocycles. The van der Waals surface area contributed by atoms with Gasteiger partial charge in [-0.3, -0.25) is 0 Å². The van der Waals surface area contributed by atoms with E-state index in [2.05, 4.69) is 14.5 Å². The second kappa shape index (κ2) is 4.89. The van der Waals surface area contributed by atoms with E-state index in [0.29, 0.717) is 0 Å². The van der Waals surface area contributed by atoms with Gasteiger partial charge in [0.05, 0.1) is 6.61 Å². The summed E-state index contributed by atoms with van der Waals surface area (Å²) in [5.74, 6) is -1.87. The fraction of sp³-hybridized carbons (Fsp3) is 0.333. The number of ether oxygens (including phenoxy) is 2. The standard InChI is InChI=1S/C9H9F3N2O3/c1-2-16-8(15)5-3-4-6(14-7(5)13)17-9(10,11)12/h3-4H,2H2,1H3,(H2,13,14). The number of anilines is 1. The molecule has 1 aromatic heterocycles. The van der Waals surface area contributed by atoms with Crippen LogP contribution in [0.2, 0.25) is 0 Å². The van der Waals surface area contributed by atoms with Crippen LogP contribution in [0.4, 0.5) is 19.0 Å². The first-order valence-corrected chi connectivity index (χ1v) is 4.53. The van der Waals surface area contributed by atoms with Crippen LogP contribution < -0.4 is 10.5 Å². The maximum atomic E-state index is 11.9. The zero-order valence-corrected chi connectivity index (χ0v) is 8.75. The number of aromatic nitrogens is 1. The average molecular weight is 250 g/mol. The van der Waals surface area contributed by atoms with Gasteiger partial charge in [0.2, 0.25) is 5.88 Å². The molecule has 0 bridgehead atoms. The van der Waals surface area contributed by atoms with Crippen molar-refractivity contribution in [3.8, 4) is 5.88 Å². The molecular weight excluding hydrogens is 241 g/mol. The Morgan fingerprint density at radius 2 is 2.12 bits per heavy atom. The van der Waals surface area contributed by atoms with Gasteiger partial charge in [0.1, 0.15) is 11.4 Å². The molecule has 17 heavy (non-hydrogen) atoms. The van der Waals surface area contributed by atoms with E-state index >= 15 is 0 Å². The number of esters is 1. The number of halogens is 3. The summed E-state index contributed by atoms with van der Waals surface area (Å²) in [7, 11) is 0. The summed E-state index contributed by atoms with van der Waals surface area (Å²) in [5.41, 5.74) is 5.20. The first kappa shape index (κ1) is 13.1. The smallest absolute Gasteiger partial charge is 0.462 e. The lowest BCUT2D eigenvalue weighted by Crippen LogP contribution is -2.19. The van der Waals surface area contributed by atoms with Crippen molar-refractivity contribution in [2.75, 3.05) is 12.3 Å². The average Bonchev–Trinajstić information content (AvgIpc) is 2.15. The number of nitrogens with zero attached hydrogens (tertiary/aromatic N) is 1. The van der Waals surface area contributed by atoms with E-state index in [9.17, 15) is 18.0 Å². The van der Waals surface area contributed by atoms with Crippen molar-refractivity contribution in [3.05, 3.63) is 17.7 Å². The highest BCUT2D eigenvalue weighted by atomic mass is 19.4. The van der Waals surface area contributed by atoms with Gasteiger partial charge < -0.3 is 15.2 Å². The van der Waals surface area contributed by atoms with Crippen LogP contribution in [0.25, 0.3) is 0 Å². The van der Waals surface area contributed by atoms with Gasteiger partial charge in [0.15, 0.2) is 0 Å². The maximum Gasteiger partial charge on any atom is 0.574 e. The molecule has 1 heterocycles. The van der Waals surface area contributed by atoms with Crippen LogP contribution >= 0.6 is 0 Å². The highest BCUT2D eigenvalue weighted by Gasteiger charge is 2.32. The molecule has 0 radical (unpaired) electrons. The van der Waals surface area contributed by atoms with Crippen LogP contribution in [0.15, 0.2) is 12.1 Å². The van der Waals surface area contributed by atoms with Crippen LogP contribution in [0.5, 0.6) is 5.88 Å².